The Morgan fingerprint density at radius 3 is 2.50 bits per heavy atom. The molecule has 3 aromatic carbocycles. The molecule has 2 amide bonds. The van der Waals surface area contributed by atoms with Crippen molar-refractivity contribution in [1.29, 1.82) is 0 Å². The number of nitrogens with zero attached hydrogens (tertiary/aromatic N) is 2. The summed E-state index contributed by atoms with van der Waals surface area (Å²) in [6, 6.07) is 19.6. The lowest BCUT2D eigenvalue weighted by Gasteiger charge is -2.34. The van der Waals surface area contributed by atoms with Crippen molar-refractivity contribution in [2.75, 3.05) is 27.2 Å². The van der Waals surface area contributed by atoms with Gasteiger partial charge in [0.25, 0.3) is 5.91 Å². The molecule has 32 heavy (non-hydrogen) atoms. The summed E-state index contributed by atoms with van der Waals surface area (Å²) in [4.78, 5) is 30.3. The van der Waals surface area contributed by atoms with Crippen LogP contribution < -0.4 is 4.74 Å². The van der Waals surface area contributed by atoms with Crippen LogP contribution in [0.1, 0.15) is 34.3 Å². The first-order chi connectivity index (χ1) is 15.5. The largest absolute Gasteiger partial charge is 0.496 e. The van der Waals surface area contributed by atoms with Crippen LogP contribution in [0.25, 0.3) is 10.8 Å². The molecule has 166 valence electrons. The predicted octanol–water partition coefficient (Wildman–Crippen LogP) is 4.67. The second-order valence-electron chi connectivity index (χ2n) is 8.57. The molecular formula is C27H30N2O3. The fraction of sp³-hybridized carbons (Fsp3) is 0.333. The van der Waals surface area contributed by atoms with E-state index >= 15 is 0 Å². The van der Waals surface area contributed by atoms with Crippen molar-refractivity contribution >= 4 is 22.6 Å². The highest BCUT2D eigenvalue weighted by molar-refractivity contribution is 6.08. The van der Waals surface area contributed by atoms with E-state index in [4.69, 9.17) is 4.74 Å². The highest BCUT2D eigenvalue weighted by Gasteiger charge is 2.31. The fourth-order valence-electron chi connectivity index (χ4n) is 4.60. The molecule has 0 spiro atoms. The van der Waals surface area contributed by atoms with Gasteiger partial charge in [-0.05, 0) is 48.4 Å². The van der Waals surface area contributed by atoms with Crippen molar-refractivity contribution in [3.8, 4) is 5.75 Å². The van der Waals surface area contributed by atoms with Crippen LogP contribution in [0.3, 0.4) is 0 Å². The van der Waals surface area contributed by atoms with E-state index in [1.54, 1.807) is 12.0 Å². The van der Waals surface area contributed by atoms with Crippen molar-refractivity contribution in [3.63, 3.8) is 0 Å². The summed E-state index contributed by atoms with van der Waals surface area (Å²) in [6.45, 7) is 3.77. The van der Waals surface area contributed by atoms with Crippen LogP contribution in [0, 0.1) is 12.8 Å². The van der Waals surface area contributed by atoms with Crippen molar-refractivity contribution in [2.45, 2.75) is 26.3 Å². The molecule has 1 heterocycles. The molecule has 5 heteroatoms. The Kier molecular flexibility index (Phi) is 6.45. The van der Waals surface area contributed by atoms with Gasteiger partial charge in [-0.3, -0.25) is 9.59 Å². The van der Waals surface area contributed by atoms with E-state index in [0.29, 0.717) is 25.2 Å². The third-order valence-electron chi connectivity index (χ3n) is 6.44. The van der Waals surface area contributed by atoms with Gasteiger partial charge in [0, 0.05) is 37.6 Å². The van der Waals surface area contributed by atoms with Crippen molar-refractivity contribution in [2.24, 2.45) is 5.92 Å². The Bertz CT molecular complexity index is 1140. The third-order valence-corrected chi connectivity index (χ3v) is 6.44. The van der Waals surface area contributed by atoms with Gasteiger partial charge in [0.1, 0.15) is 5.75 Å². The molecule has 1 saturated heterocycles. The molecule has 1 aliphatic heterocycles. The highest BCUT2D eigenvalue weighted by Crippen LogP contribution is 2.30. The fourth-order valence-corrected chi connectivity index (χ4v) is 4.60. The lowest BCUT2D eigenvalue weighted by atomic mass is 9.95. The van der Waals surface area contributed by atoms with Gasteiger partial charge in [-0.15, -0.1) is 0 Å². The zero-order chi connectivity index (χ0) is 22.7. The summed E-state index contributed by atoms with van der Waals surface area (Å²) in [6.07, 6.45) is 1.64. The minimum atomic E-state index is -0.175. The van der Waals surface area contributed by atoms with Gasteiger partial charge in [-0.1, -0.05) is 48.5 Å². The van der Waals surface area contributed by atoms with Crippen LogP contribution in [0.2, 0.25) is 0 Å². The average Bonchev–Trinajstić information content (AvgIpc) is 2.84. The number of rotatable bonds is 5. The Labute approximate surface area is 189 Å². The van der Waals surface area contributed by atoms with Gasteiger partial charge in [-0.25, -0.2) is 0 Å². The third kappa shape index (κ3) is 4.33. The van der Waals surface area contributed by atoms with E-state index in [1.165, 1.54) is 5.56 Å². The summed E-state index contributed by atoms with van der Waals surface area (Å²) < 4.78 is 5.46. The Hall–Kier alpha value is -3.34. The standard InChI is InChI=1S/C27H30N2O3/c1-19-9-4-5-10-20(19)17-28(2)26(30)21-11-8-16-29(18-21)27(31)24-14-15-25(32-3)23-13-7-6-12-22(23)24/h4-7,9-10,12-15,21H,8,11,16-18H2,1-3H3/t21-/m0/s1. The number of carbonyl (C=O) groups is 2. The summed E-state index contributed by atoms with van der Waals surface area (Å²) in [7, 11) is 3.49. The van der Waals surface area contributed by atoms with Gasteiger partial charge in [0.2, 0.25) is 5.91 Å². The topological polar surface area (TPSA) is 49.9 Å². The predicted molar refractivity (Wildman–Crippen MR) is 127 cm³/mol. The van der Waals surface area contributed by atoms with Crippen LogP contribution in [0.4, 0.5) is 0 Å². The molecular weight excluding hydrogens is 400 g/mol. The molecule has 0 bridgehead atoms. The number of hydrogen-bond acceptors (Lipinski definition) is 3. The first-order valence-corrected chi connectivity index (χ1v) is 11.1. The Morgan fingerprint density at radius 1 is 1.03 bits per heavy atom. The highest BCUT2D eigenvalue weighted by atomic mass is 16.5. The molecule has 0 radical (unpaired) electrons. The maximum Gasteiger partial charge on any atom is 0.254 e. The van der Waals surface area contributed by atoms with Gasteiger partial charge < -0.3 is 14.5 Å². The second-order valence-corrected chi connectivity index (χ2v) is 8.57. The van der Waals surface area contributed by atoms with Crippen LogP contribution in [0.15, 0.2) is 60.7 Å². The number of fused-ring (bicyclic) bond motifs is 1. The monoisotopic (exact) mass is 430 g/mol. The van der Waals surface area contributed by atoms with E-state index < -0.39 is 0 Å². The maximum absolute atomic E-state index is 13.4. The van der Waals surface area contributed by atoms with E-state index in [-0.39, 0.29) is 17.7 Å². The zero-order valence-corrected chi connectivity index (χ0v) is 19.0. The number of carbonyl (C=O) groups excluding carboxylic acids is 2. The SMILES string of the molecule is COc1ccc(C(=O)N2CCC[C@H](C(=O)N(C)Cc3ccccc3C)C2)c2ccccc12. The van der Waals surface area contributed by atoms with Crippen LogP contribution >= 0.6 is 0 Å². The smallest absolute Gasteiger partial charge is 0.254 e. The average molecular weight is 431 g/mol. The number of hydrogen-bond donors (Lipinski definition) is 0. The van der Waals surface area contributed by atoms with Crippen molar-refractivity contribution < 1.29 is 14.3 Å². The van der Waals surface area contributed by atoms with Crippen LogP contribution in [-0.4, -0.2) is 48.9 Å². The number of piperidine rings is 1. The van der Waals surface area contributed by atoms with Crippen LogP contribution in [-0.2, 0) is 11.3 Å². The first kappa shape index (κ1) is 21.9. The number of amides is 2. The molecule has 0 aliphatic carbocycles. The molecule has 3 aromatic rings. The number of likely N-dealkylation sites (tertiary alicyclic amines) is 1. The van der Waals surface area contributed by atoms with E-state index in [9.17, 15) is 9.59 Å². The van der Waals surface area contributed by atoms with Gasteiger partial charge >= 0.3 is 0 Å². The molecule has 1 atom stereocenters. The molecule has 0 unspecified atom stereocenters. The Morgan fingerprint density at radius 2 is 1.75 bits per heavy atom. The lowest BCUT2D eigenvalue weighted by molar-refractivity contribution is -0.136. The number of benzene rings is 3. The summed E-state index contributed by atoms with van der Waals surface area (Å²) in [5, 5.41) is 1.80. The Balaban J connectivity index is 1.50. The molecule has 5 nitrogen and oxygen atoms in total. The zero-order valence-electron chi connectivity index (χ0n) is 19.0. The van der Waals surface area contributed by atoms with Crippen LogP contribution in [0.5, 0.6) is 5.75 Å². The molecule has 0 N–H and O–H groups in total. The second kappa shape index (κ2) is 9.43. The molecule has 1 fully saturated rings. The van der Waals surface area contributed by atoms with Crippen molar-refractivity contribution in [1.82, 2.24) is 9.80 Å². The normalized spacial score (nSPS) is 16.1. The summed E-state index contributed by atoms with van der Waals surface area (Å²) in [5.74, 6) is 0.654. The van der Waals surface area contributed by atoms with Crippen molar-refractivity contribution in [3.05, 3.63) is 77.4 Å². The molecule has 4 rings (SSSR count). The van der Waals surface area contributed by atoms with Gasteiger partial charge in [-0.2, -0.15) is 0 Å². The minimum absolute atomic E-state index is 0.0251. The summed E-state index contributed by atoms with van der Waals surface area (Å²) in [5.41, 5.74) is 2.98. The van der Waals surface area contributed by atoms with E-state index in [2.05, 4.69) is 19.1 Å². The van der Waals surface area contributed by atoms with E-state index in [1.807, 2.05) is 60.5 Å². The number of ether oxygens (including phenoxy) is 1. The van der Waals surface area contributed by atoms with Gasteiger partial charge in [0.15, 0.2) is 0 Å². The maximum atomic E-state index is 13.4. The molecule has 1 aliphatic rings. The molecule has 0 saturated carbocycles. The molecule has 0 aromatic heterocycles. The van der Waals surface area contributed by atoms with Gasteiger partial charge in [0.05, 0.1) is 13.0 Å². The first-order valence-electron chi connectivity index (χ1n) is 11.1. The number of methoxy groups -OCH3 is 1. The lowest BCUT2D eigenvalue weighted by Crippen LogP contribution is -2.45. The summed E-state index contributed by atoms with van der Waals surface area (Å²) >= 11 is 0. The number of aryl methyl sites for hydroxylation is 1. The van der Waals surface area contributed by atoms with E-state index in [0.717, 1.165) is 34.9 Å². The quantitative estimate of drug-likeness (QED) is 0.591. The minimum Gasteiger partial charge on any atom is -0.496 e.